The van der Waals surface area contributed by atoms with Crippen molar-refractivity contribution < 1.29 is 0 Å². The lowest BCUT2D eigenvalue weighted by molar-refractivity contribution is 0.565. The number of fused-ring (bicyclic) bond motifs is 2. The zero-order valence-electron chi connectivity index (χ0n) is 9.84. The second-order valence-corrected chi connectivity index (χ2v) is 5.74. The molecule has 0 spiro atoms. The van der Waals surface area contributed by atoms with Crippen molar-refractivity contribution in [1.82, 2.24) is 9.97 Å². The highest BCUT2D eigenvalue weighted by atomic mass is 15.0. The summed E-state index contributed by atoms with van der Waals surface area (Å²) in [6.45, 7) is 0. The highest BCUT2D eigenvalue weighted by Crippen LogP contribution is 2.49. The Bertz CT molecular complexity index is 490. The van der Waals surface area contributed by atoms with E-state index in [4.69, 9.17) is 10.7 Å². The van der Waals surface area contributed by atoms with Gasteiger partial charge in [-0.15, -0.1) is 0 Å². The largest absolute Gasteiger partial charge is 0.384 e. The third-order valence-corrected chi connectivity index (χ3v) is 4.38. The maximum Gasteiger partial charge on any atom is 0.134 e. The Labute approximate surface area is 101 Å². The SMILES string of the molecule is Nc1cc([C@@H]2C[C@H]3C=C[C@H]2C3)nc(C2CC2)n1. The van der Waals surface area contributed by atoms with Gasteiger partial charge in [-0.2, -0.15) is 0 Å². The van der Waals surface area contributed by atoms with Crippen LogP contribution < -0.4 is 5.73 Å². The highest BCUT2D eigenvalue weighted by molar-refractivity contribution is 5.35. The minimum atomic E-state index is 0.589. The van der Waals surface area contributed by atoms with Gasteiger partial charge in [0, 0.05) is 23.6 Å². The van der Waals surface area contributed by atoms with E-state index in [1.165, 1.54) is 31.4 Å². The van der Waals surface area contributed by atoms with Crippen molar-refractivity contribution in [1.29, 1.82) is 0 Å². The van der Waals surface area contributed by atoms with Gasteiger partial charge in [0.2, 0.25) is 0 Å². The zero-order valence-corrected chi connectivity index (χ0v) is 9.84. The molecular weight excluding hydrogens is 210 g/mol. The molecule has 0 aliphatic heterocycles. The predicted octanol–water partition coefficient (Wildman–Crippen LogP) is 2.62. The van der Waals surface area contributed by atoms with Gasteiger partial charge < -0.3 is 5.73 Å². The number of nitrogen functional groups attached to an aromatic ring is 1. The van der Waals surface area contributed by atoms with E-state index in [9.17, 15) is 0 Å². The van der Waals surface area contributed by atoms with E-state index in [1.54, 1.807) is 0 Å². The molecule has 2 bridgehead atoms. The molecule has 88 valence electrons. The fourth-order valence-corrected chi connectivity index (χ4v) is 3.34. The van der Waals surface area contributed by atoms with E-state index in [0.29, 0.717) is 23.6 Å². The first kappa shape index (κ1) is 9.63. The van der Waals surface area contributed by atoms with Crippen LogP contribution in [0.5, 0.6) is 0 Å². The highest BCUT2D eigenvalue weighted by Gasteiger charge is 2.38. The summed E-state index contributed by atoms with van der Waals surface area (Å²) >= 11 is 0. The van der Waals surface area contributed by atoms with E-state index in [-0.39, 0.29) is 0 Å². The fraction of sp³-hybridized carbons (Fsp3) is 0.571. The minimum absolute atomic E-state index is 0.589. The first-order valence-corrected chi connectivity index (χ1v) is 6.62. The molecule has 3 heteroatoms. The molecule has 3 atom stereocenters. The van der Waals surface area contributed by atoms with Crippen LogP contribution in [0.4, 0.5) is 5.82 Å². The number of hydrogen-bond acceptors (Lipinski definition) is 3. The maximum atomic E-state index is 5.92. The minimum Gasteiger partial charge on any atom is -0.384 e. The van der Waals surface area contributed by atoms with Crippen LogP contribution in [0.15, 0.2) is 18.2 Å². The number of aromatic nitrogens is 2. The van der Waals surface area contributed by atoms with E-state index in [2.05, 4.69) is 17.1 Å². The van der Waals surface area contributed by atoms with Crippen molar-refractivity contribution in [3.63, 3.8) is 0 Å². The Balaban J connectivity index is 1.71. The van der Waals surface area contributed by atoms with Gasteiger partial charge in [0.1, 0.15) is 11.6 Å². The number of nitrogens with zero attached hydrogens (tertiary/aromatic N) is 2. The summed E-state index contributed by atoms with van der Waals surface area (Å²) < 4.78 is 0. The summed E-state index contributed by atoms with van der Waals surface area (Å²) in [4.78, 5) is 9.15. The van der Waals surface area contributed by atoms with Gasteiger partial charge in [0.25, 0.3) is 0 Å². The lowest BCUT2D eigenvalue weighted by atomic mass is 9.90. The molecule has 2 N–H and O–H groups in total. The first-order valence-electron chi connectivity index (χ1n) is 6.62. The third-order valence-electron chi connectivity index (χ3n) is 4.38. The van der Waals surface area contributed by atoms with Gasteiger partial charge in [-0.3, -0.25) is 0 Å². The number of rotatable bonds is 2. The fourth-order valence-electron chi connectivity index (χ4n) is 3.34. The van der Waals surface area contributed by atoms with Crippen LogP contribution >= 0.6 is 0 Å². The van der Waals surface area contributed by atoms with Crippen molar-refractivity contribution in [2.45, 2.75) is 37.5 Å². The number of allylic oxidation sites excluding steroid dienone is 2. The molecule has 0 aromatic carbocycles. The summed E-state index contributed by atoms with van der Waals surface area (Å²) in [5.41, 5.74) is 7.11. The van der Waals surface area contributed by atoms with Crippen molar-refractivity contribution in [3.8, 4) is 0 Å². The van der Waals surface area contributed by atoms with Crippen molar-refractivity contribution >= 4 is 5.82 Å². The summed E-state index contributed by atoms with van der Waals surface area (Å²) in [5, 5.41) is 0. The zero-order chi connectivity index (χ0) is 11.4. The van der Waals surface area contributed by atoms with E-state index >= 15 is 0 Å². The van der Waals surface area contributed by atoms with E-state index in [0.717, 1.165) is 11.7 Å². The predicted molar refractivity (Wildman–Crippen MR) is 66.5 cm³/mol. The molecule has 3 nitrogen and oxygen atoms in total. The van der Waals surface area contributed by atoms with Crippen LogP contribution in [0.1, 0.15) is 49.0 Å². The van der Waals surface area contributed by atoms with Crippen LogP contribution in [-0.4, -0.2) is 9.97 Å². The summed E-state index contributed by atoms with van der Waals surface area (Å²) in [5.74, 6) is 4.31. The molecule has 1 aromatic heterocycles. The van der Waals surface area contributed by atoms with E-state index < -0.39 is 0 Å². The normalized spacial score (nSPS) is 34.5. The van der Waals surface area contributed by atoms with Crippen LogP contribution in [0.25, 0.3) is 0 Å². The van der Waals surface area contributed by atoms with Crippen LogP contribution in [0.2, 0.25) is 0 Å². The Morgan fingerprint density at radius 3 is 2.65 bits per heavy atom. The topological polar surface area (TPSA) is 51.8 Å². The third kappa shape index (κ3) is 1.56. The van der Waals surface area contributed by atoms with Crippen LogP contribution in [0, 0.1) is 11.8 Å². The smallest absolute Gasteiger partial charge is 0.134 e. The van der Waals surface area contributed by atoms with Gasteiger partial charge in [-0.1, -0.05) is 12.2 Å². The average Bonchev–Trinajstić information content (AvgIpc) is 2.97. The molecule has 2 saturated carbocycles. The Morgan fingerprint density at radius 2 is 2.00 bits per heavy atom. The second kappa shape index (κ2) is 3.31. The monoisotopic (exact) mass is 227 g/mol. The Hall–Kier alpha value is -1.38. The second-order valence-electron chi connectivity index (χ2n) is 5.74. The number of anilines is 1. The Morgan fingerprint density at radius 1 is 1.12 bits per heavy atom. The van der Waals surface area contributed by atoms with Gasteiger partial charge in [-0.05, 0) is 37.5 Å². The lowest BCUT2D eigenvalue weighted by Crippen LogP contribution is -2.10. The van der Waals surface area contributed by atoms with Crippen molar-refractivity contribution in [3.05, 3.63) is 29.7 Å². The number of hydrogen-bond donors (Lipinski definition) is 1. The molecule has 3 aliphatic rings. The van der Waals surface area contributed by atoms with Gasteiger partial charge in [0.15, 0.2) is 0 Å². The van der Waals surface area contributed by atoms with Crippen LogP contribution in [0.3, 0.4) is 0 Å². The van der Waals surface area contributed by atoms with Crippen molar-refractivity contribution in [2.75, 3.05) is 5.73 Å². The van der Waals surface area contributed by atoms with Gasteiger partial charge in [0.05, 0.1) is 0 Å². The molecule has 17 heavy (non-hydrogen) atoms. The first-order chi connectivity index (χ1) is 8.29. The average molecular weight is 227 g/mol. The lowest BCUT2D eigenvalue weighted by Gasteiger charge is -2.18. The molecule has 1 aromatic rings. The van der Waals surface area contributed by atoms with E-state index in [1.807, 2.05) is 6.07 Å². The maximum absolute atomic E-state index is 5.92. The molecule has 0 radical (unpaired) electrons. The van der Waals surface area contributed by atoms with Gasteiger partial charge >= 0.3 is 0 Å². The van der Waals surface area contributed by atoms with Crippen molar-refractivity contribution in [2.24, 2.45) is 11.8 Å². The molecule has 3 aliphatic carbocycles. The van der Waals surface area contributed by atoms with Crippen LogP contribution in [-0.2, 0) is 0 Å². The summed E-state index contributed by atoms with van der Waals surface area (Å²) in [6.07, 6.45) is 9.77. The molecule has 0 amide bonds. The molecule has 0 unspecified atom stereocenters. The number of nitrogens with two attached hydrogens (primary N) is 1. The summed E-state index contributed by atoms with van der Waals surface area (Å²) in [7, 11) is 0. The molecule has 1 heterocycles. The molecule has 2 fully saturated rings. The quantitative estimate of drug-likeness (QED) is 0.790. The van der Waals surface area contributed by atoms with Gasteiger partial charge in [-0.25, -0.2) is 9.97 Å². The Kier molecular flexibility index (Phi) is 1.88. The summed E-state index contributed by atoms with van der Waals surface area (Å²) in [6, 6.07) is 1.99. The molecule has 4 rings (SSSR count). The standard InChI is InChI=1S/C14H17N3/c15-13-7-12(16-14(17-13)9-3-4-9)11-6-8-1-2-10(11)5-8/h1-2,7-11H,3-6H2,(H2,15,16,17)/t8-,10-,11+/m0/s1. The molecule has 0 saturated heterocycles. The molecular formula is C14H17N3.